The van der Waals surface area contributed by atoms with Crippen LogP contribution < -0.4 is 5.32 Å². The molecule has 3 aromatic carbocycles. The second-order valence-electron chi connectivity index (χ2n) is 4.48. The van der Waals surface area contributed by atoms with Gasteiger partial charge in [-0.25, -0.2) is 0 Å². The maximum absolute atomic E-state index is 3.28. The van der Waals surface area contributed by atoms with E-state index in [1.54, 1.807) is 0 Å². The predicted octanol–water partition coefficient (Wildman–Crippen LogP) is 4.34. The van der Waals surface area contributed by atoms with Crippen LogP contribution in [0.15, 0.2) is 48.5 Å². The average Bonchev–Trinajstić information content (AvgIpc) is 2.35. The highest BCUT2D eigenvalue weighted by molar-refractivity contribution is 6.04. The first-order chi connectivity index (χ1) is 8.28. The molecule has 0 saturated heterocycles. The molecule has 0 fully saturated rings. The molecule has 3 rings (SSSR count). The van der Waals surface area contributed by atoms with Crippen molar-refractivity contribution in [2.24, 2.45) is 0 Å². The molecule has 0 aliphatic heterocycles. The summed E-state index contributed by atoms with van der Waals surface area (Å²) in [6, 6.07) is 17.4. The zero-order chi connectivity index (χ0) is 11.8. The second-order valence-corrected chi connectivity index (χ2v) is 4.48. The van der Waals surface area contributed by atoms with Crippen molar-refractivity contribution in [2.75, 3.05) is 12.4 Å². The molecule has 0 amide bonds. The summed E-state index contributed by atoms with van der Waals surface area (Å²) in [5.41, 5.74) is 2.49. The third kappa shape index (κ3) is 1.64. The van der Waals surface area contributed by atoms with E-state index in [9.17, 15) is 0 Å². The average molecular weight is 221 g/mol. The van der Waals surface area contributed by atoms with Crippen molar-refractivity contribution in [3.8, 4) is 0 Å². The molecule has 1 heteroatoms. The Morgan fingerprint density at radius 3 is 2.24 bits per heavy atom. The van der Waals surface area contributed by atoms with Crippen molar-refractivity contribution in [3.63, 3.8) is 0 Å². The minimum Gasteiger partial charge on any atom is -0.388 e. The predicted molar refractivity (Wildman–Crippen MR) is 75.7 cm³/mol. The number of anilines is 1. The van der Waals surface area contributed by atoms with Gasteiger partial charge in [0.2, 0.25) is 0 Å². The van der Waals surface area contributed by atoms with Gasteiger partial charge in [0.15, 0.2) is 0 Å². The van der Waals surface area contributed by atoms with E-state index in [1.807, 2.05) is 7.05 Å². The van der Waals surface area contributed by atoms with Crippen LogP contribution in [0, 0.1) is 6.92 Å². The highest BCUT2D eigenvalue weighted by Crippen LogP contribution is 2.29. The van der Waals surface area contributed by atoms with Crippen molar-refractivity contribution in [3.05, 3.63) is 54.1 Å². The molecule has 0 aliphatic carbocycles. The van der Waals surface area contributed by atoms with Crippen molar-refractivity contribution >= 4 is 27.2 Å². The SMILES string of the molecule is CNc1cc(C)cc2cc3ccccc3cc12. The smallest absolute Gasteiger partial charge is 0.0420 e. The first-order valence-corrected chi connectivity index (χ1v) is 5.89. The van der Waals surface area contributed by atoms with E-state index in [-0.39, 0.29) is 0 Å². The van der Waals surface area contributed by atoms with Crippen molar-refractivity contribution in [1.82, 2.24) is 0 Å². The quantitative estimate of drug-likeness (QED) is 0.603. The van der Waals surface area contributed by atoms with Crippen LogP contribution in [0.5, 0.6) is 0 Å². The molecule has 0 heterocycles. The lowest BCUT2D eigenvalue weighted by atomic mass is 10.0. The first kappa shape index (κ1) is 10.2. The Morgan fingerprint density at radius 1 is 0.824 bits per heavy atom. The Bertz CT molecular complexity index is 698. The maximum Gasteiger partial charge on any atom is 0.0420 e. The minimum atomic E-state index is 1.20. The maximum atomic E-state index is 3.28. The van der Waals surface area contributed by atoms with E-state index in [2.05, 4.69) is 60.8 Å². The fourth-order valence-electron chi connectivity index (χ4n) is 2.41. The van der Waals surface area contributed by atoms with Crippen LogP contribution in [0.25, 0.3) is 21.5 Å². The summed E-state index contributed by atoms with van der Waals surface area (Å²) in [5.74, 6) is 0. The van der Waals surface area contributed by atoms with Gasteiger partial charge in [-0.1, -0.05) is 30.3 Å². The number of aryl methyl sites for hydroxylation is 1. The Labute approximate surface area is 101 Å². The molecule has 0 bridgehead atoms. The number of nitrogens with one attached hydrogen (secondary N) is 1. The van der Waals surface area contributed by atoms with E-state index < -0.39 is 0 Å². The molecule has 17 heavy (non-hydrogen) atoms. The molecule has 0 aromatic heterocycles. The minimum absolute atomic E-state index is 1.20. The number of rotatable bonds is 1. The lowest BCUT2D eigenvalue weighted by Gasteiger charge is -2.09. The fourth-order valence-corrected chi connectivity index (χ4v) is 2.41. The highest BCUT2D eigenvalue weighted by Gasteiger charge is 2.03. The van der Waals surface area contributed by atoms with Gasteiger partial charge in [-0.05, 0) is 46.8 Å². The zero-order valence-electron chi connectivity index (χ0n) is 10.1. The van der Waals surface area contributed by atoms with E-state index in [1.165, 1.54) is 32.8 Å². The summed E-state index contributed by atoms with van der Waals surface area (Å²) in [6.45, 7) is 2.13. The Kier molecular flexibility index (Phi) is 2.25. The largest absolute Gasteiger partial charge is 0.388 e. The lowest BCUT2D eigenvalue weighted by Crippen LogP contribution is -1.90. The Hall–Kier alpha value is -2.02. The van der Waals surface area contributed by atoms with E-state index >= 15 is 0 Å². The Morgan fingerprint density at radius 2 is 1.53 bits per heavy atom. The van der Waals surface area contributed by atoms with Crippen LogP contribution in [0.4, 0.5) is 5.69 Å². The van der Waals surface area contributed by atoms with Crippen LogP contribution in [0.2, 0.25) is 0 Å². The zero-order valence-corrected chi connectivity index (χ0v) is 10.1. The van der Waals surface area contributed by atoms with Crippen molar-refractivity contribution < 1.29 is 0 Å². The summed E-state index contributed by atoms with van der Waals surface area (Å²) in [5, 5.41) is 8.45. The number of benzene rings is 3. The third-order valence-corrected chi connectivity index (χ3v) is 3.23. The fraction of sp³-hybridized carbons (Fsp3) is 0.125. The topological polar surface area (TPSA) is 12.0 Å². The number of hydrogen-bond donors (Lipinski definition) is 1. The summed E-state index contributed by atoms with van der Waals surface area (Å²) >= 11 is 0. The van der Waals surface area contributed by atoms with Gasteiger partial charge in [-0.2, -0.15) is 0 Å². The van der Waals surface area contributed by atoms with Gasteiger partial charge in [-0.15, -0.1) is 0 Å². The molecule has 0 spiro atoms. The molecule has 1 nitrogen and oxygen atoms in total. The number of fused-ring (bicyclic) bond motifs is 2. The highest BCUT2D eigenvalue weighted by atomic mass is 14.8. The molecular formula is C16H15N. The van der Waals surface area contributed by atoms with Gasteiger partial charge < -0.3 is 5.32 Å². The molecule has 0 saturated carbocycles. The van der Waals surface area contributed by atoms with E-state index in [4.69, 9.17) is 0 Å². The standard InChI is InChI=1S/C16H15N/c1-11-7-14-9-12-5-3-4-6-13(12)10-15(14)16(8-11)17-2/h3-10,17H,1-2H3. The van der Waals surface area contributed by atoms with Gasteiger partial charge in [0.05, 0.1) is 0 Å². The summed E-state index contributed by atoms with van der Waals surface area (Å²) in [4.78, 5) is 0. The first-order valence-electron chi connectivity index (χ1n) is 5.89. The lowest BCUT2D eigenvalue weighted by molar-refractivity contribution is 1.46. The molecule has 1 N–H and O–H groups in total. The van der Waals surface area contributed by atoms with Gasteiger partial charge in [0.1, 0.15) is 0 Å². The van der Waals surface area contributed by atoms with E-state index in [0.717, 1.165) is 0 Å². The monoisotopic (exact) mass is 221 g/mol. The molecule has 3 aromatic rings. The molecule has 84 valence electrons. The molecule has 0 radical (unpaired) electrons. The Balaban J connectivity index is 2.47. The molecule has 0 atom stereocenters. The normalized spacial score (nSPS) is 10.9. The molecule has 0 aliphatic rings. The molecular weight excluding hydrogens is 206 g/mol. The second kappa shape index (κ2) is 3.77. The van der Waals surface area contributed by atoms with Crippen LogP contribution in [-0.4, -0.2) is 7.05 Å². The van der Waals surface area contributed by atoms with Crippen LogP contribution >= 0.6 is 0 Å². The van der Waals surface area contributed by atoms with Gasteiger partial charge >= 0.3 is 0 Å². The van der Waals surface area contributed by atoms with Crippen LogP contribution in [0.1, 0.15) is 5.56 Å². The summed E-state index contributed by atoms with van der Waals surface area (Å²) in [6.07, 6.45) is 0. The van der Waals surface area contributed by atoms with Crippen molar-refractivity contribution in [2.45, 2.75) is 6.92 Å². The molecule has 0 unspecified atom stereocenters. The third-order valence-electron chi connectivity index (χ3n) is 3.23. The van der Waals surface area contributed by atoms with Gasteiger partial charge in [-0.3, -0.25) is 0 Å². The summed E-state index contributed by atoms with van der Waals surface area (Å²) < 4.78 is 0. The van der Waals surface area contributed by atoms with Crippen LogP contribution in [-0.2, 0) is 0 Å². The van der Waals surface area contributed by atoms with Crippen LogP contribution in [0.3, 0.4) is 0 Å². The van der Waals surface area contributed by atoms with E-state index in [0.29, 0.717) is 0 Å². The summed E-state index contributed by atoms with van der Waals surface area (Å²) in [7, 11) is 1.98. The van der Waals surface area contributed by atoms with Crippen molar-refractivity contribution in [1.29, 1.82) is 0 Å². The number of hydrogen-bond acceptors (Lipinski definition) is 1. The van der Waals surface area contributed by atoms with Gasteiger partial charge in [0, 0.05) is 18.1 Å². The van der Waals surface area contributed by atoms with Gasteiger partial charge in [0.25, 0.3) is 0 Å².